The Morgan fingerprint density at radius 3 is 3.17 bits per heavy atom. The third-order valence-corrected chi connectivity index (χ3v) is 1.50. The number of hydrogen-bond acceptors (Lipinski definition) is 3. The van der Waals surface area contributed by atoms with E-state index in [4.69, 9.17) is 4.84 Å². The molecule has 12 heavy (non-hydrogen) atoms. The Kier molecular flexibility index (Phi) is 3.68. The molecule has 1 aromatic rings. The number of hydrogen-bond donors (Lipinski definition) is 0. The van der Waals surface area contributed by atoms with Crippen molar-refractivity contribution in [2.75, 3.05) is 6.35 Å². The molecule has 1 unspecified atom stereocenters. The summed E-state index contributed by atoms with van der Waals surface area (Å²) >= 11 is 0. The third-order valence-electron chi connectivity index (χ3n) is 1.36. The molecule has 0 aromatic carbocycles. The molecule has 0 fully saturated rings. The van der Waals surface area contributed by atoms with E-state index >= 15 is 0 Å². The zero-order valence-electron chi connectivity index (χ0n) is 6.90. The molecule has 0 saturated carbocycles. The lowest BCUT2D eigenvalue weighted by Gasteiger charge is -1.98. The van der Waals surface area contributed by atoms with Crippen LogP contribution in [0.5, 0.6) is 0 Å². The standard InChI is InChI=1S/C8H11N2OP/c1-7(10-11-6-12)8-3-2-4-9-5-8/h2-5H,6,12H2,1H3/b10-7+. The number of rotatable bonds is 3. The zero-order valence-corrected chi connectivity index (χ0v) is 8.05. The molecule has 64 valence electrons. The number of aromatic nitrogens is 1. The van der Waals surface area contributed by atoms with Crippen LogP contribution in [0, 0.1) is 0 Å². The largest absolute Gasteiger partial charge is 0.392 e. The fraction of sp³-hybridized carbons (Fsp3) is 0.250. The summed E-state index contributed by atoms with van der Waals surface area (Å²) in [4.78, 5) is 8.85. The van der Waals surface area contributed by atoms with E-state index in [9.17, 15) is 0 Å². The van der Waals surface area contributed by atoms with E-state index in [-0.39, 0.29) is 0 Å². The molecule has 0 bridgehead atoms. The zero-order chi connectivity index (χ0) is 8.81. The van der Waals surface area contributed by atoms with E-state index in [2.05, 4.69) is 19.4 Å². The molecule has 0 N–H and O–H groups in total. The van der Waals surface area contributed by atoms with Crippen LogP contribution >= 0.6 is 9.24 Å². The molecule has 0 radical (unpaired) electrons. The first-order chi connectivity index (χ1) is 5.84. The van der Waals surface area contributed by atoms with E-state index in [1.165, 1.54) is 0 Å². The van der Waals surface area contributed by atoms with Crippen molar-refractivity contribution in [3.8, 4) is 0 Å². The van der Waals surface area contributed by atoms with Crippen LogP contribution in [0.2, 0.25) is 0 Å². The van der Waals surface area contributed by atoms with Gasteiger partial charge in [0.05, 0.1) is 5.71 Å². The molecule has 1 atom stereocenters. The van der Waals surface area contributed by atoms with E-state index in [0.717, 1.165) is 11.3 Å². The van der Waals surface area contributed by atoms with Gasteiger partial charge in [0, 0.05) is 18.0 Å². The Morgan fingerprint density at radius 1 is 1.75 bits per heavy atom. The molecular formula is C8H11N2OP. The second kappa shape index (κ2) is 4.83. The van der Waals surface area contributed by atoms with Crippen LogP contribution in [0.25, 0.3) is 0 Å². The van der Waals surface area contributed by atoms with E-state index in [1.807, 2.05) is 19.1 Å². The van der Waals surface area contributed by atoms with Gasteiger partial charge in [0.2, 0.25) is 0 Å². The highest BCUT2D eigenvalue weighted by molar-refractivity contribution is 7.16. The van der Waals surface area contributed by atoms with Crippen molar-refractivity contribution in [3.05, 3.63) is 30.1 Å². The monoisotopic (exact) mass is 182 g/mol. The molecule has 0 aliphatic rings. The quantitative estimate of drug-likeness (QED) is 0.404. The van der Waals surface area contributed by atoms with Gasteiger partial charge in [-0.25, -0.2) is 0 Å². The SMILES string of the molecule is C/C(=N\OCP)c1cccnc1. The van der Waals surface area contributed by atoms with Crippen molar-refractivity contribution in [2.24, 2.45) is 5.16 Å². The van der Waals surface area contributed by atoms with E-state index in [0.29, 0.717) is 6.35 Å². The van der Waals surface area contributed by atoms with Gasteiger partial charge in [-0.15, -0.1) is 0 Å². The van der Waals surface area contributed by atoms with Crippen LogP contribution in [0.15, 0.2) is 29.7 Å². The van der Waals surface area contributed by atoms with Crippen molar-refractivity contribution in [1.29, 1.82) is 0 Å². The van der Waals surface area contributed by atoms with Crippen LogP contribution in [-0.2, 0) is 4.84 Å². The highest BCUT2D eigenvalue weighted by Crippen LogP contribution is 1.99. The third kappa shape index (κ3) is 2.59. The first kappa shape index (κ1) is 9.14. The molecule has 3 nitrogen and oxygen atoms in total. The summed E-state index contributed by atoms with van der Waals surface area (Å²) in [5.74, 6) is 0. The molecule has 0 saturated heterocycles. The lowest BCUT2D eigenvalue weighted by atomic mass is 10.2. The Labute approximate surface area is 74.0 Å². The van der Waals surface area contributed by atoms with Gasteiger partial charge in [0.25, 0.3) is 0 Å². The Hall–Kier alpha value is -0.950. The number of oxime groups is 1. The molecule has 0 aliphatic carbocycles. The first-order valence-corrected chi connectivity index (χ1v) is 4.43. The molecule has 4 heteroatoms. The second-order valence-corrected chi connectivity index (χ2v) is 2.55. The second-order valence-electron chi connectivity index (χ2n) is 2.21. The minimum atomic E-state index is 0.512. The van der Waals surface area contributed by atoms with Crippen LogP contribution in [0.1, 0.15) is 12.5 Å². The normalized spacial score (nSPS) is 11.3. The molecule has 1 rings (SSSR count). The summed E-state index contributed by atoms with van der Waals surface area (Å²) < 4.78 is 0. The molecule has 0 amide bonds. The molecule has 0 spiro atoms. The Bertz CT molecular complexity index is 261. The predicted octanol–water partition coefficient (Wildman–Crippen LogP) is 1.65. The summed E-state index contributed by atoms with van der Waals surface area (Å²) in [7, 11) is 2.44. The van der Waals surface area contributed by atoms with Crippen molar-refractivity contribution in [2.45, 2.75) is 6.92 Å². The van der Waals surface area contributed by atoms with Crippen LogP contribution in [-0.4, -0.2) is 17.0 Å². The molecule has 1 aromatic heterocycles. The molecule has 0 aliphatic heterocycles. The Morgan fingerprint density at radius 2 is 2.58 bits per heavy atom. The van der Waals surface area contributed by atoms with Crippen LogP contribution < -0.4 is 0 Å². The van der Waals surface area contributed by atoms with Gasteiger partial charge < -0.3 is 4.84 Å². The minimum Gasteiger partial charge on any atom is -0.392 e. The van der Waals surface area contributed by atoms with Crippen molar-refractivity contribution in [1.82, 2.24) is 4.98 Å². The minimum absolute atomic E-state index is 0.512. The van der Waals surface area contributed by atoms with Crippen molar-refractivity contribution in [3.63, 3.8) is 0 Å². The summed E-state index contributed by atoms with van der Waals surface area (Å²) in [5, 5.41) is 3.87. The fourth-order valence-corrected chi connectivity index (χ4v) is 0.838. The van der Waals surface area contributed by atoms with E-state index < -0.39 is 0 Å². The lowest BCUT2D eigenvalue weighted by molar-refractivity contribution is 0.196. The summed E-state index contributed by atoms with van der Waals surface area (Å²) in [5.41, 5.74) is 1.82. The van der Waals surface area contributed by atoms with Gasteiger partial charge >= 0.3 is 0 Å². The Balaban J connectivity index is 2.71. The van der Waals surface area contributed by atoms with E-state index in [1.54, 1.807) is 12.4 Å². The highest BCUT2D eigenvalue weighted by atomic mass is 31.0. The average molecular weight is 182 g/mol. The summed E-state index contributed by atoms with van der Waals surface area (Å²) in [6.07, 6.45) is 4.00. The summed E-state index contributed by atoms with van der Waals surface area (Å²) in [6, 6.07) is 3.81. The van der Waals surface area contributed by atoms with Gasteiger partial charge in [0.1, 0.15) is 6.35 Å². The van der Waals surface area contributed by atoms with Gasteiger partial charge in [-0.05, 0) is 19.1 Å². The fourth-order valence-electron chi connectivity index (χ4n) is 0.764. The summed E-state index contributed by atoms with van der Waals surface area (Å²) in [6.45, 7) is 1.89. The number of nitrogens with zero attached hydrogens (tertiary/aromatic N) is 2. The topological polar surface area (TPSA) is 34.5 Å². The predicted molar refractivity (Wildman–Crippen MR) is 52.1 cm³/mol. The smallest absolute Gasteiger partial charge is 0.129 e. The maximum absolute atomic E-state index is 4.87. The van der Waals surface area contributed by atoms with Crippen LogP contribution in [0.4, 0.5) is 0 Å². The maximum Gasteiger partial charge on any atom is 0.129 e. The van der Waals surface area contributed by atoms with Crippen LogP contribution in [0.3, 0.4) is 0 Å². The number of pyridine rings is 1. The van der Waals surface area contributed by atoms with Gasteiger partial charge in [-0.1, -0.05) is 14.4 Å². The molecule has 1 heterocycles. The van der Waals surface area contributed by atoms with Crippen molar-refractivity contribution < 1.29 is 4.84 Å². The van der Waals surface area contributed by atoms with Gasteiger partial charge in [-0.2, -0.15) is 0 Å². The first-order valence-electron chi connectivity index (χ1n) is 3.61. The van der Waals surface area contributed by atoms with Gasteiger partial charge in [0.15, 0.2) is 0 Å². The van der Waals surface area contributed by atoms with Crippen molar-refractivity contribution >= 4 is 15.0 Å². The lowest BCUT2D eigenvalue weighted by Crippen LogP contribution is -1.95. The molecular weight excluding hydrogens is 171 g/mol. The maximum atomic E-state index is 4.87. The van der Waals surface area contributed by atoms with Gasteiger partial charge in [-0.3, -0.25) is 4.98 Å². The average Bonchev–Trinajstić information content (AvgIpc) is 2.15. The highest BCUT2D eigenvalue weighted by Gasteiger charge is 1.95.